The molecule has 2 heterocycles. The third kappa shape index (κ3) is 4.84. The van der Waals surface area contributed by atoms with Gasteiger partial charge in [-0.05, 0) is 48.6 Å². The second kappa shape index (κ2) is 8.20. The third-order valence-electron chi connectivity index (χ3n) is 4.70. The molecule has 1 unspecified atom stereocenters. The highest BCUT2D eigenvalue weighted by Gasteiger charge is 2.24. The Morgan fingerprint density at radius 2 is 2.19 bits per heavy atom. The number of rotatable bonds is 3. The summed E-state index contributed by atoms with van der Waals surface area (Å²) in [6, 6.07) is 8.35. The fraction of sp³-hybridized carbons (Fsp3) is 0.333. The second-order valence-corrected chi connectivity index (χ2v) is 6.90. The summed E-state index contributed by atoms with van der Waals surface area (Å²) in [5.41, 5.74) is 3.64. The van der Waals surface area contributed by atoms with E-state index in [4.69, 9.17) is 4.74 Å². The summed E-state index contributed by atoms with van der Waals surface area (Å²) in [6.45, 7) is 5.22. The lowest BCUT2D eigenvalue weighted by Crippen LogP contribution is -2.42. The Morgan fingerprint density at radius 3 is 2.81 bits per heavy atom. The number of carbonyl (C=O) groups is 1. The number of nitrogens with one attached hydrogen (secondary N) is 1. The van der Waals surface area contributed by atoms with Gasteiger partial charge in [0, 0.05) is 19.2 Å². The second-order valence-electron chi connectivity index (χ2n) is 6.90. The molecule has 27 heavy (non-hydrogen) atoms. The van der Waals surface area contributed by atoms with Crippen molar-refractivity contribution in [2.24, 2.45) is 5.92 Å². The molecular weight excluding hydrogens is 345 g/mol. The van der Waals surface area contributed by atoms with Gasteiger partial charge in [0.05, 0.1) is 19.0 Å². The number of pyridine rings is 1. The van der Waals surface area contributed by atoms with E-state index in [1.54, 1.807) is 36.4 Å². The average Bonchev–Trinajstić information content (AvgIpc) is 2.63. The Labute approximate surface area is 158 Å². The van der Waals surface area contributed by atoms with Gasteiger partial charge in [0.15, 0.2) is 0 Å². The molecule has 1 aromatic carbocycles. The molecule has 3 rings (SSSR count). The van der Waals surface area contributed by atoms with Gasteiger partial charge in [0.25, 0.3) is 0 Å². The van der Waals surface area contributed by atoms with E-state index in [1.165, 1.54) is 11.6 Å². The minimum Gasteiger partial charge on any atom is -0.481 e. The van der Waals surface area contributed by atoms with Gasteiger partial charge < -0.3 is 15.0 Å². The zero-order valence-electron chi connectivity index (χ0n) is 15.8. The van der Waals surface area contributed by atoms with Crippen molar-refractivity contribution in [1.29, 1.82) is 0 Å². The number of halogens is 1. The number of urea groups is 1. The summed E-state index contributed by atoms with van der Waals surface area (Å²) in [7, 11) is 1.55. The first-order valence-electron chi connectivity index (χ1n) is 8.98. The van der Waals surface area contributed by atoms with Gasteiger partial charge >= 0.3 is 6.03 Å². The first kappa shape index (κ1) is 18.9. The molecule has 6 heteroatoms. The molecule has 2 aromatic rings. The Hall–Kier alpha value is -2.89. The predicted octanol–water partition coefficient (Wildman–Crippen LogP) is 4.50. The number of nitrogens with zero attached hydrogens (tertiary/aromatic N) is 2. The lowest BCUT2D eigenvalue weighted by Gasteiger charge is -2.33. The summed E-state index contributed by atoms with van der Waals surface area (Å²) >= 11 is 0. The lowest BCUT2D eigenvalue weighted by molar-refractivity contribution is 0.198. The summed E-state index contributed by atoms with van der Waals surface area (Å²) in [6.07, 6.45) is 4.39. The van der Waals surface area contributed by atoms with Crippen molar-refractivity contribution in [2.75, 3.05) is 25.5 Å². The molecule has 1 atom stereocenters. The first-order valence-corrected chi connectivity index (χ1v) is 8.98. The van der Waals surface area contributed by atoms with E-state index in [2.05, 4.69) is 17.2 Å². The third-order valence-corrected chi connectivity index (χ3v) is 4.70. The number of methoxy groups -OCH3 is 1. The van der Waals surface area contributed by atoms with Gasteiger partial charge in [0.2, 0.25) is 5.88 Å². The highest BCUT2D eigenvalue weighted by atomic mass is 19.1. The first-order chi connectivity index (χ1) is 12.9. The number of piperidine rings is 1. The topological polar surface area (TPSA) is 54.5 Å². The normalized spacial score (nSPS) is 18.4. The van der Waals surface area contributed by atoms with Crippen LogP contribution >= 0.6 is 0 Å². The fourth-order valence-electron chi connectivity index (χ4n) is 3.29. The average molecular weight is 369 g/mol. The van der Waals surface area contributed by atoms with Crippen LogP contribution in [0.1, 0.15) is 24.5 Å². The Bertz CT molecular complexity index is 829. The van der Waals surface area contributed by atoms with Crippen molar-refractivity contribution in [3.05, 3.63) is 59.0 Å². The van der Waals surface area contributed by atoms with Crippen LogP contribution in [0, 0.1) is 18.7 Å². The number of ether oxygens (including phenoxy) is 1. The Kier molecular flexibility index (Phi) is 5.74. The van der Waals surface area contributed by atoms with E-state index >= 15 is 0 Å². The van der Waals surface area contributed by atoms with Crippen LogP contribution in [0.5, 0.6) is 5.88 Å². The summed E-state index contributed by atoms with van der Waals surface area (Å²) in [5, 5.41) is 2.86. The predicted molar refractivity (Wildman–Crippen MR) is 104 cm³/mol. The van der Waals surface area contributed by atoms with Crippen LogP contribution in [0.25, 0.3) is 6.08 Å². The quantitative estimate of drug-likeness (QED) is 0.867. The van der Waals surface area contributed by atoms with E-state index < -0.39 is 0 Å². The van der Waals surface area contributed by atoms with Crippen molar-refractivity contribution in [1.82, 2.24) is 9.88 Å². The van der Waals surface area contributed by atoms with Gasteiger partial charge in [-0.3, -0.25) is 0 Å². The van der Waals surface area contributed by atoms with Crippen LogP contribution in [0.3, 0.4) is 0 Å². The number of hydrogen-bond donors (Lipinski definition) is 1. The minimum atomic E-state index is -0.223. The molecule has 142 valence electrons. The molecule has 1 aliphatic heterocycles. The molecule has 0 bridgehead atoms. The number of aryl methyl sites for hydroxylation is 1. The smallest absolute Gasteiger partial charge is 0.321 e. The van der Waals surface area contributed by atoms with Crippen LogP contribution < -0.4 is 10.1 Å². The van der Waals surface area contributed by atoms with Gasteiger partial charge in [-0.25, -0.2) is 14.2 Å². The molecule has 0 aliphatic carbocycles. The summed E-state index contributed by atoms with van der Waals surface area (Å²) in [4.78, 5) is 18.4. The van der Waals surface area contributed by atoms with Crippen LogP contribution in [-0.2, 0) is 0 Å². The summed E-state index contributed by atoms with van der Waals surface area (Å²) in [5.74, 6) is 0.489. The van der Waals surface area contributed by atoms with E-state index in [0.717, 1.165) is 17.5 Å². The maximum Gasteiger partial charge on any atom is 0.321 e. The van der Waals surface area contributed by atoms with E-state index in [0.29, 0.717) is 24.7 Å². The van der Waals surface area contributed by atoms with Crippen LogP contribution in [-0.4, -0.2) is 36.1 Å². The van der Waals surface area contributed by atoms with Gasteiger partial charge in [0.1, 0.15) is 5.82 Å². The maximum absolute atomic E-state index is 13.6. The monoisotopic (exact) mass is 369 g/mol. The molecule has 0 radical (unpaired) electrons. The van der Waals surface area contributed by atoms with Gasteiger partial charge in [-0.1, -0.05) is 24.6 Å². The Morgan fingerprint density at radius 1 is 1.37 bits per heavy atom. The Balaban J connectivity index is 1.63. The highest BCUT2D eigenvalue weighted by molar-refractivity contribution is 5.89. The molecule has 0 saturated carbocycles. The number of hydrogen-bond acceptors (Lipinski definition) is 3. The molecular formula is C21H24FN3O2. The number of amides is 2. The standard InChI is InChI=1S/C21H24FN3O2/c1-14-8-16(11-18(22)9-14)10-17-6-7-25(13-15(17)2)21(26)24-19-4-5-20(27-3)23-12-19/h4-5,8-12,15H,6-7,13H2,1-3H3,(H,24,26). The molecule has 1 N–H and O–H groups in total. The molecule has 0 spiro atoms. The van der Waals surface area contributed by atoms with E-state index in [-0.39, 0.29) is 17.8 Å². The molecule has 1 aliphatic rings. The fourth-order valence-corrected chi connectivity index (χ4v) is 3.29. The van der Waals surface area contributed by atoms with Gasteiger partial charge in [-0.15, -0.1) is 0 Å². The van der Waals surface area contributed by atoms with Crippen molar-refractivity contribution in [2.45, 2.75) is 20.3 Å². The molecule has 1 fully saturated rings. The zero-order chi connectivity index (χ0) is 19.4. The van der Waals surface area contributed by atoms with Crippen molar-refractivity contribution < 1.29 is 13.9 Å². The van der Waals surface area contributed by atoms with Crippen LogP contribution in [0.15, 0.2) is 42.1 Å². The molecule has 1 saturated heterocycles. The van der Waals surface area contributed by atoms with Crippen LogP contribution in [0.2, 0.25) is 0 Å². The van der Waals surface area contributed by atoms with Crippen LogP contribution in [0.4, 0.5) is 14.9 Å². The number of likely N-dealkylation sites (tertiary alicyclic amines) is 1. The summed E-state index contributed by atoms with van der Waals surface area (Å²) < 4.78 is 18.6. The number of benzene rings is 1. The maximum atomic E-state index is 13.6. The van der Waals surface area contributed by atoms with Crippen molar-refractivity contribution >= 4 is 17.8 Å². The number of anilines is 1. The van der Waals surface area contributed by atoms with Crippen molar-refractivity contribution in [3.63, 3.8) is 0 Å². The number of aromatic nitrogens is 1. The van der Waals surface area contributed by atoms with Gasteiger partial charge in [-0.2, -0.15) is 0 Å². The molecule has 1 aromatic heterocycles. The largest absolute Gasteiger partial charge is 0.481 e. The lowest BCUT2D eigenvalue weighted by atomic mass is 9.91. The zero-order valence-corrected chi connectivity index (χ0v) is 15.8. The molecule has 5 nitrogen and oxygen atoms in total. The number of carbonyl (C=O) groups excluding carboxylic acids is 1. The van der Waals surface area contributed by atoms with E-state index in [9.17, 15) is 9.18 Å². The minimum absolute atomic E-state index is 0.144. The highest BCUT2D eigenvalue weighted by Crippen LogP contribution is 2.26. The molecule has 2 amide bonds. The van der Waals surface area contributed by atoms with Crippen molar-refractivity contribution in [3.8, 4) is 5.88 Å². The SMILES string of the molecule is COc1ccc(NC(=O)N2CCC(=Cc3cc(C)cc(F)c3)C(C)C2)cn1. The van der Waals surface area contributed by atoms with E-state index in [1.807, 2.05) is 19.1 Å².